The lowest BCUT2D eigenvalue weighted by Crippen LogP contribution is -2.26. The Balaban J connectivity index is 1.52. The molecule has 5 nitrogen and oxygen atoms in total. The summed E-state index contributed by atoms with van der Waals surface area (Å²) >= 11 is 0. The number of aryl methyl sites for hydroxylation is 2. The SMILES string of the molecule is CCOC(Cc1ccc(OCN2c3ccccc3CCCc3ccccc32)cc1)C(=O)O. The third kappa shape index (κ3) is 5.11. The van der Waals surface area contributed by atoms with Crippen LogP contribution >= 0.6 is 0 Å². The second-order valence-corrected chi connectivity index (χ2v) is 7.94. The van der Waals surface area contributed by atoms with Gasteiger partial charge in [0.2, 0.25) is 0 Å². The number of anilines is 2. The number of carboxylic acids is 1. The zero-order valence-electron chi connectivity index (χ0n) is 18.4. The molecule has 0 aliphatic carbocycles. The van der Waals surface area contributed by atoms with E-state index in [0.29, 0.717) is 19.8 Å². The van der Waals surface area contributed by atoms with Crippen molar-refractivity contribution >= 4 is 17.3 Å². The van der Waals surface area contributed by atoms with Gasteiger partial charge >= 0.3 is 5.97 Å². The van der Waals surface area contributed by atoms with Crippen LogP contribution in [0.3, 0.4) is 0 Å². The van der Waals surface area contributed by atoms with Crippen LogP contribution in [0.5, 0.6) is 5.75 Å². The van der Waals surface area contributed by atoms with Gasteiger partial charge in [0.15, 0.2) is 12.8 Å². The van der Waals surface area contributed by atoms with Gasteiger partial charge in [-0.25, -0.2) is 4.79 Å². The van der Waals surface area contributed by atoms with Crippen LogP contribution in [0.1, 0.15) is 30.0 Å². The third-order valence-corrected chi connectivity index (χ3v) is 5.81. The van der Waals surface area contributed by atoms with Crippen LogP contribution in [0.4, 0.5) is 11.4 Å². The minimum absolute atomic E-state index is 0.330. The lowest BCUT2D eigenvalue weighted by atomic mass is 9.97. The van der Waals surface area contributed by atoms with Gasteiger partial charge in [-0.15, -0.1) is 0 Å². The summed E-state index contributed by atoms with van der Waals surface area (Å²) in [5.74, 6) is -0.198. The average Bonchev–Trinajstić information content (AvgIpc) is 2.80. The van der Waals surface area contributed by atoms with Crippen LogP contribution < -0.4 is 9.64 Å². The van der Waals surface area contributed by atoms with Gasteiger partial charge in [-0.1, -0.05) is 48.5 Å². The number of aliphatic carboxylic acids is 1. The number of benzene rings is 3. The van der Waals surface area contributed by atoms with Crippen molar-refractivity contribution in [3.8, 4) is 5.75 Å². The molecule has 5 heteroatoms. The highest BCUT2D eigenvalue weighted by molar-refractivity contribution is 5.72. The molecular formula is C27H29NO4. The van der Waals surface area contributed by atoms with Gasteiger partial charge in [0, 0.05) is 24.4 Å². The molecule has 0 bridgehead atoms. The summed E-state index contributed by atoms with van der Waals surface area (Å²) in [6.45, 7) is 2.56. The fourth-order valence-corrected chi connectivity index (χ4v) is 4.20. The highest BCUT2D eigenvalue weighted by Crippen LogP contribution is 2.35. The Morgan fingerprint density at radius 2 is 1.53 bits per heavy atom. The molecule has 0 radical (unpaired) electrons. The first-order valence-electron chi connectivity index (χ1n) is 11.1. The Hall–Kier alpha value is -3.31. The second-order valence-electron chi connectivity index (χ2n) is 7.94. The fourth-order valence-electron chi connectivity index (χ4n) is 4.20. The summed E-state index contributed by atoms with van der Waals surface area (Å²) < 4.78 is 11.5. The maximum Gasteiger partial charge on any atom is 0.333 e. The molecule has 0 saturated heterocycles. The summed E-state index contributed by atoms with van der Waals surface area (Å²) in [4.78, 5) is 13.6. The standard InChI is InChI=1S/C27H29NO4/c1-2-31-26(27(29)30)18-20-14-16-23(17-15-20)32-19-28-24-12-5-3-8-21(24)10-7-11-22-9-4-6-13-25(22)28/h3-6,8-9,12-17,26H,2,7,10-11,18-19H2,1H3,(H,29,30). The lowest BCUT2D eigenvalue weighted by molar-refractivity contribution is -0.149. The van der Waals surface area contributed by atoms with Crippen LogP contribution in [-0.2, 0) is 28.8 Å². The summed E-state index contributed by atoms with van der Waals surface area (Å²) in [6, 6.07) is 24.6. The number of carboxylic acid groups (broad SMARTS) is 1. The Morgan fingerprint density at radius 3 is 2.09 bits per heavy atom. The van der Waals surface area contributed by atoms with Gasteiger partial charge in [0.25, 0.3) is 0 Å². The molecule has 1 heterocycles. The monoisotopic (exact) mass is 431 g/mol. The van der Waals surface area contributed by atoms with Crippen LogP contribution in [0.2, 0.25) is 0 Å². The van der Waals surface area contributed by atoms with E-state index < -0.39 is 12.1 Å². The quantitative estimate of drug-likeness (QED) is 0.519. The predicted octanol–water partition coefficient (Wildman–Crippen LogP) is 5.38. The zero-order chi connectivity index (χ0) is 22.3. The molecule has 1 aliphatic rings. The number of carbonyl (C=O) groups is 1. The predicted molar refractivity (Wildman–Crippen MR) is 126 cm³/mol. The number of fused-ring (bicyclic) bond motifs is 2. The number of rotatable bonds is 8. The molecule has 0 aromatic heterocycles. The summed E-state index contributed by atoms with van der Waals surface area (Å²) in [6.07, 6.45) is 2.71. The molecule has 0 spiro atoms. The Morgan fingerprint density at radius 1 is 0.938 bits per heavy atom. The Bertz CT molecular complexity index is 1000. The van der Waals surface area contributed by atoms with Gasteiger partial charge < -0.3 is 19.5 Å². The molecule has 1 unspecified atom stereocenters. The number of hydrogen-bond donors (Lipinski definition) is 1. The highest BCUT2D eigenvalue weighted by Gasteiger charge is 2.20. The molecule has 1 aliphatic heterocycles. The van der Waals surface area contributed by atoms with E-state index in [4.69, 9.17) is 9.47 Å². The van der Waals surface area contributed by atoms with Crippen molar-refractivity contribution in [1.29, 1.82) is 0 Å². The van der Waals surface area contributed by atoms with Gasteiger partial charge in [0.1, 0.15) is 5.75 Å². The fraction of sp³-hybridized carbons (Fsp3) is 0.296. The maximum atomic E-state index is 11.3. The van der Waals surface area contributed by atoms with Crippen LogP contribution in [0.15, 0.2) is 72.8 Å². The van der Waals surface area contributed by atoms with Gasteiger partial charge in [-0.2, -0.15) is 0 Å². The van der Waals surface area contributed by atoms with E-state index in [1.165, 1.54) is 22.5 Å². The maximum absolute atomic E-state index is 11.3. The van der Waals surface area contributed by atoms with E-state index >= 15 is 0 Å². The molecule has 1 atom stereocenters. The summed E-state index contributed by atoms with van der Waals surface area (Å²) in [7, 11) is 0. The van der Waals surface area contributed by atoms with E-state index in [1.807, 2.05) is 24.3 Å². The first kappa shape index (κ1) is 21.9. The first-order valence-corrected chi connectivity index (χ1v) is 11.1. The van der Waals surface area contributed by atoms with E-state index in [2.05, 4.69) is 53.4 Å². The minimum Gasteiger partial charge on any atom is -0.479 e. The molecule has 0 amide bonds. The largest absolute Gasteiger partial charge is 0.479 e. The summed E-state index contributed by atoms with van der Waals surface area (Å²) in [5.41, 5.74) is 5.92. The molecule has 0 saturated carbocycles. The number of hydrogen-bond acceptors (Lipinski definition) is 4. The first-order chi connectivity index (χ1) is 15.7. The van der Waals surface area contributed by atoms with Crippen molar-refractivity contribution in [2.45, 2.75) is 38.7 Å². The minimum atomic E-state index is -0.943. The van der Waals surface area contributed by atoms with Crippen molar-refractivity contribution in [3.63, 3.8) is 0 Å². The zero-order valence-corrected chi connectivity index (χ0v) is 18.4. The normalized spacial score (nSPS) is 14.0. The van der Waals surface area contributed by atoms with Crippen molar-refractivity contribution in [2.24, 2.45) is 0 Å². The lowest BCUT2D eigenvalue weighted by Gasteiger charge is -2.31. The second kappa shape index (κ2) is 10.3. The van der Waals surface area contributed by atoms with Crippen molar-refractivity contribution in [2.75, 3.05) is 18.2 Å². The molecule has 166 valence electrons. The van der Waals surface area contributed by atoms with Crippen molar-refractivity contribution < 1.29 is 19.4 Å². The molecule has 3 aromatic carbocycles. The van der Waals surface area contributed by atoms with Crippen molar-refractivity contribution in [3.05, 3.63) is 89.5 Å². The Kier molecular flexibility index (Phi) is 7.07. The van der Waals surface area contributed by atoms with Crippen LogP contribution in [0, 0.1) is 0 Å². The van der Waals surface area contributed by atoms with Gasteiger partial charge in [-0.3, -0.25) is 0 Å². The topological polar surface area (TPSA) is 59.0 Å². The number of nitrogens with zero attached hydrogens (tertiary/aromatic N) is 1. The number of ether oxygens (including phenoxy) is 2. The van der Waals surface area contributed by atoms with Crippen molar-refractivity contribution in [1.82, 2.24) is 0 Å². The molecule has 4 rings (SSSR count). The molecule has 0 fully saturated rings. The van der Waals surface area contributed by atoms with Crippen LogP contribution in [0.25, 0.3) is 0 Å². The molecule has 32 heavy (non-hydrogen) atoms. The molecule has 3 aromatic rings. The summed E-state index contributed by atoms with van der Waals surface area (Å²) in [5, 5.41) is 9.30. The number of para-hydroxylation sites is 2. The highest BCUT2D eigenvalue weighted by atomic mass is 16.5. The molecular weight excluding hydrogens is 402 g/mol. The Labute approximate surface area is 189 Å². The third-order valence-electron chi connectivity index (χ3n) is 5.81. The van der Waals surface area contributed by atoms with Crippen LogP contribution in [-0.4, -0.2) is 30.5 Å². The van der Waals surface area contributed by atoms with E-state index in [-0.39, 0.29) is 0 Å². The van der Waals surface area contributed by atoms with Gasteiger partial charge in [0.05, 0.1) is 0 Å². The van der Waals surface area contributed by atoms with Gasteiger partial charge in [-0.05, 0) is 67.1 Å². The molecule has 1 N–H and O–H groups in total. The smallest absolute Gasteiger partial charge is 0.333 e. The average molecular weight is 432 g/mol. The van der Waals surface area contributed by atoms with E-state index in [9.17, 15) is 9.90 Å². The van der Waals surface area contributed by atoms with E-state index in [1.54, 1.807) is 6.92 Å². The van der Waals surface area contributed by atoms with E-state index in [0.717, 1.165) is 30.6 Å².